The van der Waals surface area contributed by atoms with E-state index in [9.17, 15) is 0 Å². The van der Waals surface area contributed by atoms with Crippen LogP contribution in [0.25, 0.3) is 0 Å². The van der Waals surface area contributed by atoms with Crippen molar-refractivity contribution in [1.29, 1.82) is 0 Å². The van der Waals surface area contributed by atoms with Gasteiger partial charge in [-0.1, -0.05) is 6.07 Å². The molecule has 0 amide bonds. The van der Waals surface area contributed by atoms with Gasteiger partial charge in [0.1, 0.15) is 0 Å². The van der Waals surface area contributed by atoms with E-state index in [0.29, 0.717) is 24.0 Å². The van der Waals surface area contributed by atoms with E-state index < -0.39 is 0 Å². The summed E-state index contributed by atoms with van der Waals surface area (Å²) < 4.78 is 15.0. The zero-order valence-corrected chi connectivity index (χ0v) is 12.5. The highest BCUT2D eigenvalue weighted by Gasteiger charge is 2.15. The highest BCUT2D eigenvalue weighted by Crippen LogP contribution is 2.36. The smallest absolute Gasteiger partial charge is 0.218 e. The summed E-state index contributed by atoms with van der Waals surface area (Å²) in [5, 5.41) is 4.07. The summed E-state index contributed by atoms with van der Waals surface area (Å²) in [5.74, 6) is 1.61. The predicted octanol–water partition coefficient (Wildman–Crippen LogP) is 2.53. The maximum absolute atomic E-state index is 5.81. The Bertz CT molecular complexity index is 571. The molecule has 0 aliphatic heterocycles. The summed E-state index contributed by atoms with van der Waals surface area (Å²) in [5.41, 5.74) is 6.77. The largest absolute Gasteiger partial charge is 0.484 e. The number of rotatable bonds is 6. The molecule has 7 heteroatoms. The minimum atomic E-state index is 0.0437. The summed E-state index contributed by atoms with van der Waals surface area (Å²) in [6.45, 7) is 4.46. The van der Waals surface area contributed by atoms with Crippen molar-refractivity contribution in [2.24, 2.45) is 0 Å². The third-order valence-corrected chi connectivity index (χ3v) is 3.31. The Hall–Kier alpha value is -2.02. The Morgan fingerprint density at radius 1 is 1.45 bits per heavy atom. The zero-order chi connectivity index (χ0) is 14.5. The molecule has 0 unspecified atom stereocenters. The molecule has 0 aromatic carbocycles. The molecule has 0 atom stereocenters. The second-order valence-electron chi connectivity index (χ2n) is 4.42. The molecule has 3 N–H and O–H groups in total. The van der Waals surface area contributed by atoms with E-state index >= 15 is 0 Å². The normalized spacial score (nSPS) is 10.6. The number of nitrogens with one attached hydrogen (secondary N) is 1. The van der Waals surface area contributed by atoms with E-state index in [0.717, 1.165) is 10.6 Å². The van der Waals surface area contributed by atoms with Gasteiger partial charge in [0.05, 0.1) is 13.2 Å². The first-order valence-electron chi connectivity index (χ1n) is 6.25. The van der Waals surface area contributed by atoms with Crippen LogP contribution in [0, 0.1) is 0 Å². The molecule has 0 saturated carbocycles. The van der Waals surface area contributed by atoms with Gasteiger partial charge in [-0.05, 0) is 31.4 Å². The summed E-state index contributed by atoms with van der Waals surface area (Å²) >= 11 is 1.28. The van der Waals surface area contributed by atoms with Crippen LogP contribution in [0.15, 0.2) is 18.3 Å². The Balaban J connectivity index is 2.11. The van der Waals surface area contributed by atoms with Crippen LogP contribution in [-0.2, 0) is 6.54 Å². The lowest BCUT2D eigenvalue weighted by atomic mass is 10.2. The summed E-state index contributed by atoms with van der Waals surface area (Å²) in [6.07, 6.45) is 1.74. The molecule has 2 aromatic heterocycles. The molecule has 20 heavy (non-hydrogen) atoms. The van der Waals surface area contributed by atoms with E-state index in [4.69, 9.17) is 15.2 Å². The molecule has 2 aromatic rings. The highest BCUT2D eigenvalue weighted by atomic mass is 32.1. The van der Waals surface area contributed by atoms with E-state index in [-0.39, 0.29) is 6.10 Å². The number of hydrogen-bond acceptors (Lipinski definition) is 7. The molecule has 0 spiro atoms. The summed E-state index contributed by atoms with van der Waals surface area (Å²) in [7, 11) is 1.60. The molecule has 0 aliphatic rings. The number of ether oxygens (including phenoxy) is 2. The maximum Gasteiger partial charge on any atom is 0.218 e. The van der Waals surface area contributed by atoms with Gasteiger partial charge in [0.15, 0.2) is 16.6 Å². The Morgan fingerprint density at radius 3 is 2.95 bits per heavy atom. The maximum atomic E-state index is 5.81. The monoisotopic (exact) mass is 294 g/mol. The van der Waals surface area contributed by atoms with Crippen LogP contribution in [0.1, 0.15) is 19.4 Å². The molecular formula is C13H18N4O2S. The average molecular weight is 294 g/mol. The van der Waals surface area contributed by atoms with Crippen molar-refractivity contribution < 1.29 is 9.47 Å². The van der Waals surface area contributed by atoms with Crippen LogP contribution in [-0.4, -0.2) is 22.6 Å². The van der Waals surface area contributed by atoms with Crippen molar-refractivity contribution in [2.75, 3.05) is 18.2 Å². The number of aromatic nitrogens is 2. The molecular weight excluding hydrogens is 276 g/mol. The van der Waals surface area contributed by atoms with Crippen molar-refractivity contribution in [3.05, 3.63) is 23.9 Å². The third-order valence-electron chi connectivity index (χ3n) is 2.51. The fourth-order valence-corrected chi connectivity index (χ4v) is 2.32. The van der Waals surface area contributed by atoms with E-state index in [1.807, 2.05) is 26.0 Å². The Kier molecular flexibility index (Phi) is 4.62. The van der Waals surface area contributed by atoms with Gasteiger partial charge < -0.3 is 20.5 Å². The van der Waals surface area contributed by atoms with Gasteiger partial charge in [-0.25, -0.2) is 4.98 Å². The van der Waals surface area contributed by atoms with Crippen molar-refractivity contribution in [3.8, 4) is 11.6 Å². The van der Waals surface area contributed by atoms with Crippen molar-refractivity contribution in [3.63, 3.8) is 0 Å². The predicted molar refractivity (Wildman–Crippen MR) is 80.4 cm³/mol. The lowest BCUT2D eigenvalue weighted by Gasteiger charge is -2.12. The van der Waals surface area contributed by atoms with Gasteiger partial charge >= 0.3 is 0 Å². The Labute approximate surface area is 122 Å². The molecule has 6 nitrogen and oxygen atoms in total. The second-order valence-corrected chi connectivity index (χ2v) is 5.19. The van der Waals surface area contributed by atoms with E-state index in [2.05, 4.69) is 14.7 Å². The van der Waals surface area contributed by atoms with Gasteiger partial charge in [0.25, 0.3) is 0 Å². The zero-order valence-electron chi connectivity index (χ0n) is 11.7. The molecule has 0 aliphatic carbocycles. The van der Waals surface area contributed by atoms with Gasteiger partial charge in [-0.2, -0.15) is 4.37 Å². The number of nitrogen functional groups attached to an aromatic ring is 1. The minimum Gasteiger partial charge on any atom is -0.484 e. The summed E-state index contributed by atoms with van der Waals surface area (Å²) in [4.78, 5) is 4.16. The molecule has 0 saturated heterocycles. The number of nitrogens with zero attached hydrogens (tertiary/aromatic N) is 2. The highest BCUT2D eigenvalue weighted by molar-refractivity contribution is 7.11. The molecule has 0 bridgehead atoms. The van der Waals surface area contributed by atoms with Gasteiger partial charge in [-0.15, -0.1) is 0 Å². The van der Waals surface area contributed by atoms with Crippen molar-refractivity contribution in [2.45, 2.75) is 26.5 Å². The summed E-state index contributed by atoms with van der Waals surface area (Å²) in [6, 6.07) is 3.82. The average Bonchev–Trinajstić information content (AvgIpc) is 2.77. The standard InChI is InChI=1S/C13H18N4O2S/c1-8(2)19-10-11(14)17-20-13(10)16-7-9-5-4-6-15-12(9)18-3/h4-6,8,16H,7H2,1-3H3,(H2,14,17). The lowest BCUT2D eigenvalue weighted by Crippen LogP contribution is -2.09. The van der Waals surface area contributed by atoms with Crippen molar-refractivity contribution in [1.82, 2.24) is 9.36 Å². The number of hydrogen-bond donors (Lipinski definition) is 2. The second kappa shape index (κ2) is 6.42. The van der Waals surface area contributed by atoms with Gasteiger partial charge in [-0.3, -0.25) is 0 Å². The van der Waals surface area contributed by atoms with Gasteiger partial charge in [0, 0.05) is 18.3 Å². The molecule has 0 fully saturated rings. The molecule has 0 radical (unpaired) electrons. The quantitative estimate of drug-likeness (QED) is 0.852. The first kappa shape index (κ1) is 14.4. The number of nitrogens with two attached hydrogens (primary N) is 1. The van der Waals surface area contributed by atoms with Crippen LogP contribution < -0.4 is 20.5 Å². The topological polar surface area (TPSA) is 82.3 Å². The first-order valence-corrected chi connectivity index (χ1v) is 7.02. The minimum absolute atomic E-state index is 0.0437. The van der Waals surface area contributed by atoms with Crippen LogP contribution in [0.3, 0.4) is 0 Å². The lowest BCUT2D eigenvalue weighted by molar-refractivity contribution is 0.245. The molecule has 2 heterocycles. The van der Waals surface area contributed by atoms with Crippen LogP contribution in [0.2, 0.25) is 0 Å². The molecule has 108 valence electrons. The molecule has 2 rings (SSSR count). The fraction of sp³-hybridized carbons (Fsp3) is 0.385. The SMILES string of the molecule is COc1ncccc1CNc1snc(N)c1OC(C)C. The van der Waals surface area contributed by atoms with E-state index in [1.165, 1.54) is 11.5 Å². The van der Waals surface area contributed by atoms with Gasteiger partial charge in [0.2, 0.25) is 5.88 Å². The van der Waals surface area contributed by atoms with Crippen LogP contribution in [0.5, 0.6) is 11.6 Å². The number of anilines is 2. The van der Waals surface area contributed by atoms with Crippen LogP contribution >= 0.6 is 11.5 Å². The Morgan fingerprint density at radius 2 is 2.25 bits per heavy atom. The third kappa shape index (κ3) is 3.30. The number of pyridine rings is 1. The fourth-order valence-electron chi connectivity index (χ4n) is 1.67. The number of methoxy groups -OCH3 is 1. The van der Waals surface area contributed by atoms with Crippen LogP contribution in [0.4, 0.5) is 10.8 Å². The van der Waals surface area contributed by atoms with Crippen molar-refractivity contribution >= 4 is 22.4 Å². The first-order chi connectivity index (χ1) is 9.61. The van der Waals surface area contributed by atoms with E-state index in [1.54, 1.807) is 13.3 Å².